The van der Waals surface area contributed by atoms with E-state index in [1.807, 2.05) is 0 Å². The number of nitrogens with zero attached hydrogens (tertiary/aromatic N) is 1. The second-order valence-corrected chi connectivity index (χ2v) is 4.25. The van der Waals surface area contributed by atoms with Crippen molar-refractivity contribution >= 4 is 5.91 Å². The standard InChI is InChI=1S/C13H15F2NO3/c1-9(13(17)16-5-7-18-8-6-16)19-11-4-2-3-10(14)12(11)15/h2-4,9H,5-8H2,1H3/t9-/m0/s1. The summed E-state index contributed by atoms with van der Waals surface area (Å²) in [6.45, 7) is 3.44. The van der Waals surface area contributed by atoms with Crippen LogP contribution in [0.4, 0.5) is 8.78 Å². The van der Waals surface area contributed by atoms with Gasteiger partial charge in [-0.15, -0.1) is 0 Å². The zero-order valence-corrected chi connectivity index (χ0v) is 10.6. The van der Waals surface area contributed by atoms with E-state index in [0.717, 1.165) is 6.07 Å². The number of hydrogen-bond donors (Lipinski definition) is 0. The van der Waals surface area contributed by atoms with E-state index in [-0.39, 0.29) is 11.7 Å². The number of morpholine rings is 1. The van der Waals surface area contributed by atoms with Gasteiger partial charge >= 0.3 is 0 Å². The molecule has 1 amide bonds. The molecule has 0 saturated carbocycles. The lowest BCUT2D eigenvalue weighted by molar-refractivity contribution is -0.142. The molecule has 0 aromatic heterocycles. The number of hydrogen-bond acceptors (Lipinski definition) is 3. The van der Waals surface area contributed by atoms with Gasteiger partial charge in [-0.25, -0.2) is 4.39 Å². The minimum Gasteiger partial charge on any atom is -0.478 e. The lowest BCUT2D eigenvalue weighted by Gasteiger charge is -2.29. The molecular formula is C13H15F2NO3. The van der Waals surface area contributed by atoms with Crippen molar-refractivity contribution in [3.63, 3.8) is 0 Å². The number of amides is 1. The minimum atomic E-state index is -1.08. The summed E-state index contributed by atoms with van der Waals surface area (Å²) >= 11 is 0. The molecule has 1 atom stereocenters. The van der Waals surface area contributed by atoms with Crippen molar-refractivity contribution < 1.29 is 23.0 Å². The van der Waals surface area contributed by atoms with Gasteiger partial charge in [-0.3, -0.25) is 4.79 Å². The van der Waals surface area contributed by atoms with Crippen molar-refractivity contribution in [1.29, 1.82) is 0 Å². The second kappa shape index (κ2) is 5.97. The first-order chi connectivity index (χ1) is 9.09. The Morgan fingerprint density at radius 2 is 2.05 bits per heavy atom. The first-order valence-corrected chi connectivity index (χ1v) is 6.07. The molecule has 104 valence electrons. The van der Waals surface area contributed by atoms with Crippen LogP contribution in [0.2, 0.25) is 0 Å². The molecule has 1 fully saturated rings. The summed E-state index contributed by atoms with van der Waals surface area (Å²) in [5.74, 6) is -2.59. The Kier molecular flexibility index (Phi) is 4.31. The third-order valence-corrected chi connectivity index (χ3v) is 2.89. The van der Waals surface area contributed by atoms with Crippen molar-refractivity contribution in [2.45, 2.75) is 13.0 Å². The van der Waals surface area contributed by atoms with Gasteiger partial charge in [0.2, 0.25) is 5.82 Å². The van der Waals surface area contributed by atoms with Crippen LogP contribution in [0.15, 0.2) is 18.2 Å². The average Bonchev–Trinajstić information content (AvgIpc) is 2.44. The fourth-order valence-corrected chi connectivity index (χ4v) is 1.86. The second-order valence-electron chi connectivity index (χ2n) is 4.25. The summed E-state index contributed by atoms with van der Waals surface area (Å²) in [6.07, 6.45) is -0.866. The molecule has 1 saturated heterocycles. The predicted octanol–water partition coefficient (Wildman–Crippen LogP) is 1.59. The molecule has 6 heteroatoms. The van der Waals surface area contributed by atoms with Crippen LogP contribution < -0.4 is 4.74 Å². The molecule has 1 aromatic carbocycles. The summed E-state index contributed by atoms with van der Waals surface area (Å²) < 4.78 is 36.8. The Balaban J connectivity index is 2.01. The molecule has 1 aliphatic rings. The van der Waals surface area contributed by atoms with Gasteiger partial charge in [-0.05, 0) is 19.1 Å². The maximum atomic E-state index is 13.4. The highest BCUT2D eigenvalue weighted by Crippen LogP contribution is 2.20. The largest absolute Gasteiger partial charge is 0.478 e. The van der Waals surface area contributed by atoms with Gasteiger partial charge in [-0.2, -0.15) is 4.39 Å². The van der Waals surface area contributed by atoms with E-state index in [1.54, 1.807) is 4.90 Å². The van der Waals surface area contributed by atoms with Crippen LogP contribution >= 0.6 is 0 Å². The van der Waals surface area contributed by atoms with Crippen LogP contribution in [0, 0.1) is 11.6 Å². The number of carbonyl (C=O) groups excluding carboxylic acids is 1. The first-order valence-electron chi connectivity index (χ1n) is 6.07. The third-order valence-electron chi connectivity index (χ3n) is 2.89. The highest BCUT2D eigenvalue weighted by Gasteiger charge is 2.24. The fourth-order valence-electron chi connectivity index (χ4n) is 1.86. The molecule has 0 radical (unpaired) electrons. The van der Waals surface area contributed by atoms with Crippen LogP contribution in [-0.4, -0.2) is 43.2 Å². The summed E-state index contributed by atoms with van der Waals surface area (Å²) in [5, 5.41) is 0. The highest BCUT2D eigenvalue weighted by molar-refractivity contribution is 5.81. The number of halogens is 2. The molecule has 0 aliphatic carbocycles. The van der Waals surface area contributed by atoms with Gasteiger partial charge in [0.15, 0.2) is 17.7 Å². The van der Waals surface area contributed by atoms with Gasteiger partial charge in [0.05, 0.1) is 13.2 Å². The average molecular weight is 271 g/mol. The summed E-state index contributed by atoms with van der Waals surface area (Å²) in [6, 6.07) is 3.62. The van der Waals surface area contributed by atoms with E-state index in [1.165, 1.54) is 19.1 Å². The van der Waals surface area contributed by atoms with E-state index in [4.69, 9.17) is 9.47 Å². The van der Waals surface area contributed by atoms with Crippen molar-refractivity contribution in [3.8, 4) is 5.75 Å². The molecular weight excluding hydrogens is 256 g/mol. The topological polar surface area (TPSA) is 38.8 Å². The van der Waals surface area contributed by atoms with Gasteiger partial charge in [0.1, 0.15) is 0 Å². The van der Waals surface area contributed by atoms with E-state index in [2.05, 4.69) is 0 Å². The zero-order chi connectivity index (χ0) is 13.8. The molecule has 4 nitrogen and oxygen atoms in total. The quantitative estimate of drug-likeness (QED) is 0.838. The molecule has 0 bridgehead atoms. The Hall–Kier alpha value is -1.69. The van der Waals surface area contributed by atoms with Crippen LogP contribution in [0.1, 0.15) is 6.92 Å². The molecule has 0 spiro atoms. The molecule has 0 N–H and O–H groups in total. The zero-order valence-electron chi connectivity index (χ0n) is 10.6. The first kappa shape index (κ1) is 13.7. The van der Waals surface area contributed by atoms with E-state index in [9.17, 15) is 13.6 Å². The third kappa shape index (κ3) is 3.20. The van der Waals surface area contributed by atoms with Crippen molar-refractivity contribution in [2.75, 3.05) is 26.3 Å². The molecule has 19 heavy (non-hydrogen) atoms. The predicted molar refractivity (Wildman–Crippen MR) is 63.8 cm³/mol. The van der Waals surface area contributed by atoms with Crippen LogP contribution in [-0.2, 0) is 9.53 Å². The molecule has 1 aromatic rings. The fraction of sp³-hybridized carbons (Fsp3) is 0.462. The molecule has 2 rings (SSSR count). The lowest BCUT2D eigenvalue weighted by atomic mass is 10.3. The molecule has 1 heterocycles. The summed E-state index contributed by atoms with van der Waals surface area (Å²) in [4.78, 5) is 13.6. The summed E-state index contributed by atoms with van der Waals surface area (Å²) in [7, 11) is 0. The normalized spacial score (nSPS) is 17.1. The number of benzene rings is 1. The van der Waals surface area contributed by atoms with Gasteiger partial charge in [0, 0.05) is 13.1 Å². The number of carbonyl (C=O) groups is 1. The van der Waals surface area contributed by atoms with E-state index >= 15 is 0 Å². The maximum Gasteiger partial charge on any atom is 0.263 e. The Morgan fingerprint density at radius 1 is 1.37 bits per heavy atom. The Labute approximate surface area is 109 Å². The van der Waals surface area contributed by atoms with Crippen molar-refractivity contribution in [3.05, 3.63) is 29.8 Å². The summed E-state index contributed by atoms with van der Waals surface area (Å²) in [5.41, 5.74) is 0. The Bertz CT molecular complexity index is 461. The van der Waals surface area contributed by atoms with Crippen LogP contribution in [0.5, 0.6) is 5.75 Å². The lowest BCUT2D eigenvalue weighted by Crippen LogP contribution is -2.46. The SMILES string of the molecule is C[C@H](Oc1cccc(F)c1F)C(=O)N1CCOCC1. The van der Waals surface area contributed by atoms with E-state index < -0.39 is 17.7 Å². The van der Waals surface area contributed by atoms with Gasteiger partial charge in [0.25, 0.3) is 5.91 Å². The molecule has 0 unspecified atom stereocenters. The minimum absolute atomic E-state index is 0.255. The van der Waals surface area contributed by atoms with E-state index in [0.29, 0.717) is 26.3 Å². The van der Waals surface area contributed by atoms with Crippen molar-refractivity contribution in [2.24, 2.45) is 0 Å². The monoisotopic (exact) mass is 271 g/mol. The maximum absolute atomic E-state index is 13.4. The van der Waals surface area contributed by atoms with Gasteiger partial charge < -0.3 is 14.4 Å². The Morgan fingerprint density at radius 3 is 2.74 bits per heavy atom. The highest BCUT2D eigenvalue weighted by atomic mass is 19.2. The smallest absolute Gasteiger partial charge is 0.263 e. The number of ether oxygens (including phenoxy) is 2. The van der Waals surface area contributed by atoms with Crippen molar-refractivity contribution in [1.82, 2.24) is 4.90 Å². The van der Waals surface area contributed by atoms with Crippen LogP contribution in [0.3, 0.4) is 0 Å². The van der Waals surface area contributed by atoms with Gasteiger partial charge in [-0.1, -0.05) is 6.07 Å². The molecule has 1 aliphatic heterocycles. The van der Waals surface area contributed by atoms with Crippen LogP contribution in [0.25, 0.3) is 0 Å². The number of rotatable bonds is 3.